The van der Waals surface area contributed by atoms with Gasteiger partial charge in [-0.05, 0) is 30.8 Å². The Hall–Kier alpha value is -1.25. The maximum absolute atomic E-state index is 12.0. The van der Waals surface area contributed by atoms with Gasteiger partial charge in [-0.3, -0.25) is 0 Å². The topological polar surface area (TPSA) is 67.4 Å². The molecule has 1 aromatic rings. The Morgan fingerprint density at radius 3 is 2.40 bits per heavy atom. The Labute approximate surface area is 117 Å². The minimum atomic E-state index is -3.58. The van der Waals surface area contributed by atoms with E-state index in [9.17, 15) is 17.2 Å². The van der Waals surface area contributed by atoms with Crippen LogP contribution < -0.4 is 14.8 Å². The lowest BCUT2D eigenvalue weighted by Crippen LogP contribution is -2.31. The van der Waals surface area contributed by atoms with Crippen LogP contribution in [-0.2, 0) is 10.0 Å². The molecule has 114 valence electrons. The Balaban J connectivity index is 2.57. The zero-order chi connectivity index (χ0) is 15.0. The first-order valence-corrected chi connectivity index (χ1v) is 7.65. The van der Waals surface area contributed by atoms with Gasteiger partial charge in [-0.2, -0.15) is 0 Å². The molecule has 0 saturated carbocycles. The van der Waals surface area contributed by atoms with Gasteiger partial charge in [-0.1, -0.05) is 6.92 Å². The van der Waals surface area contributed by atoms with Gasteiger partial charge in [0.2, 0.25) is 10.0 Å². The molecule has 5 nitrogen and oxygen atoms in total. The van der Waals surface area contributed by atoms with E-state index in [0.717, 1.165) is 6.54 Å². The molecule has 0 heterocycles. The third-order valence-electron chi connectivity index (χ3n) is 2.35. The average molecular weight is 308 g/mol. The summed E-state index contributed by atoms with van der Waals surface area (Å²) in [5.41, 5.74) is 0. The van der Waals surface area contributed by atoms with Crippen LogP contribution in [-0.4, -0.2) is 41.1 Å². The first kappa shape index (κ1) is 16.8. The van der Waals surface area contributed by atoms with E-state index >= 15 is 0 Å². The molecule has 0 radical (unpaired) electrons. The quantitative estimate of drug-likeness (QED) is 0.673. The van der Waals surface area contributed by atoms with Gasteiger partial charge in [0.15, 0.2) is 0 Å². The number of nitrogens with one attached hydrogen (secondary N) is 2. The molecular weight excluding hydrogens is 290 g/mol. The molecule has 0 saturated heterocycles. The average Bonchev–Trinajstić information content (AvgIpc) is 2.42. The van der Waals surface area contributed by atoms with Crippen molar-refractivity contribution < 1.29 is 21.9 Å². The summed E-state index contributed by atoms with van der Waals surface area (Å²) in [7, 11) is -3.58. The molecule has 20 heavy (non-hydrogen) atoms. The maximum Gasteiger partial charge on any atom is 0.272 e. The zero-order valence-electron chi connectivity index (χ0n) is 11.1. The standard InChI is InChI=1S/C12H18F2N2O3S/c1-2-15-7-8-16-20(17,18)11-5-3-10(4-6-11)19-9-12(13)14/h3-6,12,15-16H,2,7-9H2,1H3. The minimum Gasteiger partial charge on any atom is -0.488 e. The molecule has 0 bridgehead atoms. The van der Waals surface area contributed by atoms with Crippen LogP contribution in [0.5, 0.6) is 5.75 Å². The second kappa shape index (κ2) is 8.13. The Morgan fingerprint density at radius 2 is 1.85 bits per heavy atom. The van der Waals surface area contributed by atoms with E-state index < -0.39 is 23.1 Å². The summed E-state index contributed by atoms with van der Waals surface area (Å²) in [5, 5.41) is 2.99. The Kier molecular flexibility index (Phi) is 6.83. The fourth-order valence-corrected chi connectivity index (χ4v) is 2.44. The van der Waals surface area contributed by atoms with Gasteiger partial charge in [0.1, 0.15) is 12.4 Å². The lowest BCUT2D eigenvalue weighted by molar-refractivity contribution is 0.0819. The van der Waals surface area contributed by atoms with Gasteiger partial charge in [-0.25, -0.2) is 21.9 Å². The molecule has 0 unspecified atom stereocenters. The maximum atomic E-state index is 12.0. The van der Waals surface area contributed by atoms with E-state index in [1.807, 2.05) is 6.92 Å². The van der Waals surface area contributed by atoms with Gasteiger partial charge in [0, 0.05) is 13.1 Å². The van der Waals surface area contributed by atoms with Crippen LogP contribution in [0.1, 0.15) is 6.92 Å². The van der Waals surface area contributed by atoms with Crippen molar-refractivity contribution in [3.05, 3.63) is 24.3 Å². The van der Waals surface area contributed by atoms with E-state index in [4.69, 9.17) is 4.74 Å². The van der Waals surface area contributed by atoms with Crippen molar-refractivity contribution in [3.63, 3.8) is 0 Å². The minimum absolute atomic E-state index is 0.0680. The summed E-state index contributed by atoms with van der Waals surface area (Å²) in [6.45, 7) is 2.78. The van der Waals surface area contributed by atoms with Crippen molar-refractivity contribution >= 4 is 10.0 Å². The molecule has 0 aromatic heterocycles. The number of ether oxygens (including phenoxy) is 1. The highest BCUT2D eigenvalue weighted by Crippen LogP contribution is 2.16. The highest BCUT2D eigenvalue weighted by Gasteiger charge is 2.13. The molecule has 1 rings (SSSR count). The fraction of sp³-hybridized carbons (Fsp3) is 0.500. The lowest BCUT2D eigenvalue weighted by atomic mass is 10.3. The van der Waals surface area contributed by atoms with Crippen molar-refractivity contribution in [2.45, 2.75) is 18.2 Å². The SMILES string of the molecule is CCNCCNS(=O)(=O)c1ccc(OCC(F)F)cc1. The van der Waals surface area contributed by atoms with Gasteiger partial charge >= 0.3 is 0 Å². The smallest absolute Gasteiger partial charge is 0.272 e. The monoisotopic (exact) mass is 308 g/mol. The predicted molar refractivity (Wildman–Crippen MR) is 71.7 cm³/mol. The van der Waals surface area contributed by atoms with Crippen molar-refractivity contribution in [1.82, 2.24) is 10.0 Å². The van der Waals surface area contributed by atoms with Gasteiger partial charge in [-0.15, -0.1) is 0 Å². The number of hydrogen-bond donors (Lipinski definition) is 2. The largest absolute Gasteiger partial charge is 0.488 e. The van der Waals surface area contributed by atoms with E-state index in [-0.39, 0.29) is 17.2 Å². The molecule has 1 aromatic carbocycles. The first-order valence-electron chi connectivity index (χ1n) is 6.17. The molecule has 8 heteroatoms. The highest BCUT2D eigenvalue weighted by atomic mass is 32.2. The highest BCUT2D eigenvalue weighted by molar-refractivity contribution is 7.89. The van der Waals surface area contributed by atoms with Crippen molar-refractivity contribution in [3.8, 4) is 5.75 Å². The van der Waals surface area contributed by atoms with E-state index in [1.165, 1.54) is 24.3 Å². The zero-order valence-corrected chi connectivity index (χ0v) is 11.9. The molecule has 0 fully saturated rings. The molecule has 0 spiro atoms. The van der Waals surface area contributed by atoms with Crippen LogP contribution in [0.25, 0.3) is 0 Å². The van der Waals surface area contributed by atoms with Crippen LogP contribution >= 0.6 is 0 Å². The molecule has 0 aliphatic rings. The van der Waals surface area contributed by atoms with Gasteiger partial charge < -0.3 is 10.1 Å². The van der Waals surface area contributed by atoms with Gasteiger partial charge in [0.25, 0.3) is 6.43 Å². The molecule has 2 N–H and O–H groups in total. The fourth-order valence-electron chi connectivity index (χ4n) is 1.41. The summed E-state index contributed by atoms with van der Waals surface area (Å²) in [6.07, 6.45) is -2.56. The van der Waals surface area contributed by atoms with E-state index in [2.05, 4.69) is 10.0 Å². The molecule has 0 aliphatic heterocycles. The van der Waals surface area contributed by atoms with E-state index in [0.29, 0.717) is 6.54 Å². The summed E-state index contributed by atoms with van der Waals surface area (Å²) in [6, 6.07) is 5.33. The lowest BCUT2D eigenvalue weighted by Gasteiger charge is -2.09. The normalized spacial score (nSPS) is 11.8. The van der Waals surface area contributed by atoms with Crippen LogP contribution in [0.2, 0.25) is 0 Å². The number of sulfonamides is 1. The van der Waals surface area contributed by atoms with E-state index in [1.54, 1.807) is 0 Å². The predicted octanol–water partition coefficient (Wildman–Crippen LogP) is 1.22. The molecule has 0 atom stereocenters. The number of hydrogen-bond acceptors (Lipinski definition) is 4. The molecule has 0 amide bonds. The number of likely N-dealkylation sites (N-methyl/N-ethyl adjacent to an activating group) is 1. The van der Waals surface area contributed by atoms with Crippen molar-refractivity contribution in [1.29, 1.82) is 0 Å². The summed E-state index contributed by atoms with van der Waals surface area (Å²) in [4.78, 5) is 0.0680. The van der Waals surface area contributed by atoms with Crippen molar-refractivity contribution in [2.24, 2.45) is 0 Å². The van der Waals surface area contributed by atoms with Crippen LogP contribution in [0.4, 0.5) is 8.78 Å². The second-order valence-electron chi connectivity index (χ2n) is 3.92. The Morgan fingerprint density at radius 1 is 1.20 bits per heavy atom. The van der Waals surface area contributed by atoms with Crippen LogP contribution in [0, 0.1) is 0 Å². The molecule has 0 aliphatic carbocycles. The second-order valence-corrected chi connectivity index (χ2v) is 5.69. The summed E-state index contributed by atoms with van der Waals surface area (Å²) in [5.74, 6) is 0.205. The van der Waals surface area contributed by atoms with Gasteiger partial charge in [0.05, 0.1) is 4.90 Å². The van der Waals surface area contributed by atoms with Crippen molar-refractivity contribution in [2.75, 3.05) is 26.2 Å². The van der Waals surface area contributed by atoms with Crippen LogP contribution in [0.15, 0.2) is 29.2 Å². The molecular formula is C12H18F2N2O3S. The third-order valence-corrected chi connectivity index (χ3v) is 3.83. The number of benzene rings is 1. The number of halogens is 2. The number of rotatable bonds is 9. The first-order chi connectivity index (χ1) is 9.45. The Bertz CT molecular complexity index is 492. The third kappa shape index (κ3) is 5.81. The van der Waals surface area contributed by atoms with Crippen LogP contribution in [0.3, 0.4) is 0 Å². The number of alkyl halides is 2. The summed E-state index contributed by atoms with van der Waals surface area (Å²) < 4.78 is 54.9. The summed E-state index contributed by atoms with van der Waals surface area (Å²) >= 11 is 0.